The van der Waals surface area contributed by atoms with E-state index >= 15 is 0 Å². The van der Waals surface area contributed by atoms with Crippen LogP contribution in [0.2, 0.25) is 0 Å². The smallest absolute Gasteiger partial charge is 0.279 e. The third-order valence-electron chi connectivity index (χ3n) is 5.97. The zero-order valence-electron chi connectivity index (χ0n) is 17.5. The number of quaternary nitrogens is 1. The van der Waals surface area contributed by atoms with E-state index in [2.05, 4.69) is 28.1 Å². The summed E-state index contributed by atoms with van der Waals surface area (Å²) >= 11 is 0. The van der Waals surface area contributed by atoms with Gasteiger partial charge in [0, 0.05) is 12.0 Å². The van der Waals surface area contributed by atoms with E-state index < -0.39 is 6.04 Å². The SMILES string of the molecule is CC[C@@H](C)[C@H](NC(=O)[C@@H]1Cc2ccccc2C[NH2+]1)C(=O)N[C@H](C)c1ccccc1. The van der Waals surface area contributed by atoms with Crippen molar-refractivity contribution in [2.45, 2.75) is 58.3 Å². The molecule has 154 valence electrons. The summed E-state index contributed by atoms with van der Waals surface area (Å²) in [5, 5.41) is 8.18. The number of rotatable bonds is 7. The summed E-state index contributed by atoms with van der Waals surface area (Å²) in [5.74, 6) is -0.134. The van der Waals surface area contributed by atoms with Gasteiger partial charge in [0.15, 0.2) is 6.04 Å². The van der Waals surface area contributed by atoms with Crippen LogP contribution in [-0.2, 0) is 22.6 Å². The largest absolute Gasteiger partial charge is 0.348 e. The van der Waals surface area contributed by atoms with Gasteiger partial charge in [-0.05, 0) is 24.0 Å². The van der Waals surface area contributed by atoms with Gasteiger partial charge in [-0.25, -0.2) is 0 Å². The van der Waals surface area contributed by atoms with Gasteiger partial charge in [0.05, 0.1) is 6.04 Å². The molecule has 1 aliphatic heterocycles. The standard InChI is InChI=1S/C24H31N3O2/c1-4-16(2)22(24(29)26-17(3)18-10-6-5-7-11-18)27-23(28)21-14-19-12-8-9-13-20(19)15-25-21/h5-13,16-17,21-22,25H,4,14-15H2,1-3H3,(H,26,29)(H,27,28)/p+1/t16-,17-,21+,22+/m1/s1. The highest BCUT2D eigenvalue weighted by atomic mass is 16.2. The van der Waals surface area contributed by atoms with Crippen LogP contribution in [0.25, 0.3) is 0 Å². The van der Waals surface area contributed by atoms with Crippen LogP contribution in [0.1, 0.15) is 49.9 Å². The highest BCUT2D eigenvalue weighted by Crippen LogP contribution is 2.16. The fourth-order valence-corrected chi connectivity index (χ4v) is 3.84. The summed E-state index contributed by atoms with van der Waals surface area (Å²) in [6, 6.07) is 17.3. The van der Waals surface area contributed by atoms with Crippen LogP contribution in [0.3, 0.4) is 0 Å². The highest BCUT2D eigenvalue weighted by Gasteiger charge is 2.33. The van der Waals surface area contributed by atoms with Gasteiger partial charge in [0.25, 0.3) is 5.91 Å². The van der Waals surface area contributed by atoms with Crippen molar-refractivity contribution in [3.05, 3.63) is 71.3 Å². The number of hydrogen-bond acceptors (Lipinski definition) is 2. The maximum Gasteiger partial charge on any atom is 0.279 e. The minimum absolute atomic E-state index is 0.0535. The van der Waals surface area contributed by atoms with E-state index in [-0.39, 0.29) is 29.8 Å². The lowest BCUT2D eigenvalue weighted by Gasteiger charge is -2.28. The first-order valence-electron chi connectivity index (χ1n) is 10.5. The molecule has 0 bridgehead atoms. The van der Waals surface area contributed by atoms with Crippen molar-refractivity contribution in [2.75, 3.05) is 0 Å². The number of carbonyl (C=O) groups excluding carboxylic acids is 2. The molecule has 2 aromatic carbocycles. The quantitative estimate of drug-likeness (QED) is 0.673. The first-order valence-corrected chi connectivity index (χ1v) is 10.5. The van der Waals surface area contributed by atoms with Crippen molar-refractivity contribution in [3.63, 3.8) is 0 Å². The first-order chi connectivity index (χ1) is 14.0. The average molecular weight is 395 g/mol. The van der Waals surface area contributed by atoms with E-state index in [0.29, 0.717) is 6.42 Å². The topological polar surface area (TPSA) is 74.8 Å². The molecule has 3 rings (SSSR count). The molecule has 0 radical (unpaired) electrons. The number of benzene rings is 2. The van der Waals surface area contributed by atoms with Gasteiger partial charge in [0.1, 0.15) is 12.6 Å². The molecule has 0 aromatic heterocycles. The number of carbonyl (C=O) groups is 2. The monoisotopic (exact) mass is 394 g/mol. The van der Waals surface area contributed by atoms with Crippen molar-refractivity contribution in [1.82, 2.24) is 10.6 Å². The molecule has 1 heterocycles. The number of hydrogen-bond donors (Lipinski definition) is 3. The van der Waals surface area contributed by atoms with Gasteiger partial charge in [-0.15, -0.1) is 0 Å². The Kier molecular flexibility index (Phi) is 7.04. The Labute approximate surface area is 173 Å². The molecule has 2 amide bonds. The fourth-order valence-electron chi connectivity index (χ4n) is 3.84. The summed E-state index contributed by atoms with van der Waals surface area (Å²) in [7, 11) is 0. The van der Waals surface area contributed by atoms with Crippen molar-refractivity contribution in [3.8, 4) is 0 Å². The summed E-state index contributed by atoms with van der Waals surface area (Å²) in [6.45, 7) is 6.81. The third-order valence-corrected chi connectivity index (χ3v) is 5.97. The minimum atomic E-state index is -0.538. The molecule has 5 nitrogen and oxygen atoms in total. The molecular formula is C24H32N3O2+. The molecule has 0 aliphatic carbocycles. The van der Waals surface area contributed by atoms with E-state index in [9.17, 15) is 9.59 Å². The minimum Gasteiger partial charge on any atom is -0.348 e. The van der Waals surface area contributed by atoms with E-state index in [1.165, 1.54) is 11.1 Å². The Hall–Kier alpha value is -2.66. The van der Waals surface area contributed by atoms with E-state index in [0.717, 1.165) is 18.5 Å². The van der Waals surface area contributed by atoms with Crippen molar-refractivity contribution >= 4 is 11.8 Å². The molecule has 0 saturated carbocycles. The second kappa shape index (κ2) is 9.70. The fraction of sp³-hybridized carbons (Fsp3) is 0.417. The van der Waals surface area contributed by atoms with Crippen molar-refractivity contribution in [1.29, 1.82) is 0 Å². The number of nitrogens with two attached hydrogens (primary N) is 1. The molecule has 0 saturated heterocycles. The summed E-state index contributed by atoms with van der Waals surface area (Å²) < 4.78 is 0. The predicted octanol–water partition coefficient (Wildman–Crippen LogP) is 2.08. The molecule has 0 fully saturated rings. The highest BCUT2D eigenvalue weighted by molar-refractivity contribution is 5.89. The lowest BCUT2D eigenvalue weighted by molar-refractivity contribution is -0.695. The van der Waals surface area contributed by atoms with Gasteiger partial charge in [-0.2, -0.15) is 0 Å². The number of nitrogens with one attached hydrogen (secondary N) is 2. The van der Waals surface area contributed by atoms with Crippen molar-refractivity contribution in [2.24, 2.45) is 5.92 Å². The Morgan fingerprint density at radius 3 is 2.34 bits per heavy atom. The first kappa shape index (κ1) is 21.1. The molecule has 4 atom stereocenters. The van der Waals surface area contributed by atoms with Crippen LogP contribution in [0.4, 0.5) is 0 Å². The summed E-state index contributed by atoms with van der Waals surface area (Å²) in [4.78, 5) is 26.0. The molecule has 29 heavy (non-hydrogen) atoms. The summed E-state index contributed by atoms with van der Waals surface area (Å²) in [6.07, 6.45) is 1.51. The van der Waals surface area contributed by atoms with Gasteiger partial charge < -0.3 is 16.0 Å². The van der Waals surface area contributed by atoms with Crippen LogP contribution >= 0.6 is 0 Å². The van der Waals surface area contributed by atoms with Crippen LogP contribution in [0, 0.1) is 5.92 Å². The lowest BCUT2D eigenvalue weighted by atomic mass is 9.94. The average Bonchev–Trinajstić information content (AvgIpc) is 2.76. The maximum absolute atomic E-state index is 13.0. The van der Waals surface area contributed by atoms with Crippen LogP contribution < -0.4 is 16.0 Å². The van der Waals surface area contributed by atoms with Crippen molar-refractivity contribution < 1.29 is 14.9 Å². The van der Waals surface area contributed by atoms with E-state index in [1.807, 2.05) is 63.2 Å². The molecule has 2 aromatic rings. The van der Waals surface area contributed by atoms with Crippen LogP contribution in [0.15, 0.2) is 54.6 Å². The zero-order chi connectivity index (χ0) is 20.8. The van der Waals surface area contributed by atoms with E-state index in [4.69, 9.17) is 0 Å². The molecule has 0 spiro atoms. The number of fused-ring (bicyclic) bond motifs is 1. The number of amides is 2. The van der Waals surface area contributed by atoms with Gasteiger partial charge in [-0.3, -0.25) is 9.59 Å². The Bertz CT molecular complexity index is 837. The third kappa shape index (κ3) is 5.24. The van der Waals surface area contributed by atoms with Crippen LogP contribution in [-0.4, -0.2) is 23.9 Å². The molecular weight excluding hydrogens is 362 g/mol. The predicted molar refractivity (Wildman–Crippen MR) is 114 cm³/mol. The summed E-state index contributed by atoms with van der Waals surface area (Å²) in [5.41, 5.74) is 3.55. The normalized spacial score (nSPS) is 18.8. The van der Waals surface area contributed by atoms with Gasteiger partial charge >= 0.3 is 0 Å². The second-order valence-corrected chi connectivity index (χ2v) is 8.03. The molecule has 4 N–H and O–H groups in total. The lowest BCUT2D eigenvalue weighted by Crippen LogP contribution is -2.93. The van der Waals surface area contributed by atoms with Gasteiger partial charge in [0.2, 0.25) is 5.91 Å². The molecule has 0 unspecified atom stereocenters. The Morgan fingerprint density at radius 1 is 1.00 bits per heavy atom. The van der Waals surface area contributed by atoms with Gasteiger partial charge in [-0.1, -0.05) is 74.9 Å². The zero-order valence-corrected chi connectivity index (χ0v) is 17.5. The molecule has 5 heteroatoms. The second-order valence-electron chi connectivity index (χ2n) is 8.03. The Morgan fingerprint density at radius 2 is 1.66 bits per heavy atom. The Balaban J connectivity index is 1.66. The van der Waals surface area contributed by atoms with E-state index in [1.54, 1.807) is 0 Å². The molecule has 1 aliphatic rings. The van der Waals surface area contributed by atoms with Crippen LogP contribution in [0.5, 0.6) is 0 Å². The maximum atomic E-state index is 13.0.